The first-order valence-electron chi connectivity index (χ1n) is 14.3. The molecule has 2 aliphatic rings. The van der Waals surface area contributed by atoms with E-state index in [1.165, 1.54) is 16.7 Å². The van der Waals surface area contributed by atoms with Crippen LogP contribution in [0.4, 0.5) is 17.1 Å². The van der Waals surface area contributed by atoms with Gasteiger partial charge < -0.3 is 15.1 Å². The van der Waals surface area contributed by atoms with Crippen LogP contribution in [0, 0.1) is 11.8 Å². The molecular weight excluding hydrogens is 500 g/mol. The van der Waals surface area contributed by atoms with E-state index >= 15 is 0 Å². The summed E-state index contributed by atoms with van der Waals surface area (Å²) in [5.41, 5.74) is 11.4. The van der Waals surface area contributed by atoms with Crippen molar-refractivity contribution in [3.05, 3.63) is 150 Å². The molecule has 1 aromatic heterocycles. The summed E-state index contributed by atoms with van der Waals surface area (Å²) in [7, 11) is 0. The third-order valence-corrected chi connectivity index (χ3v) is 8.57. The average molecular weight is 531 g/mol. The van der Waals surface area contributed by atoms with Gasteiger partial charge in [-0.05, 0) is 64.6 Å². The molecule has 5 aromatic carbocycles. The molecule has 3 atom stereocenters. The standard InChI is InChI=1S/C38H30N2O/c1-24-16-21-32-34(24)35(32)36(26-12-6-3-7-13-26)39-27-17-19-28(20-18-27)40-37-29(25-10-4-2-5-11-25)22-23-31-30-14-8-9-15-33(30)41-38(31)37/h2-24,34,36,39-40H,1H3. The largest absolute Gasteiger partial charge is 0.454 e. The van der Waals surface area contributed by atoms with Crippen LogP contribution in [0.5, 0.6) is 0 Å². The SMILES string of the molecule is CC1C=CC2=C(C(Nc3ccc(Nc4c(-c5ccccc5)ccc5c4oc4ccccc45)cc3)c3ccccc3)C21. The van der Waals surface area contributed by atoms with Gasteiger partial charge in [-0.15, -0.1) is 0 Å². The van der Waals surface area contributed by atoms with Crippen molar-refractivity contribution in [2.45, 2.75) is 13.0 Å². The fourth-order valence-electron chi connectivity index (χ4n) is 6.47. The van der Waals surface area contributed by atoms with Crippen LogP contribution in [0.3, 0.4) is 0 Å². The van der Waals surface area contributed by atoms with E-state index in [9.17, 15) is 0 Å². The molecule has 0 saturated heterocycles. The molecule has 3 heteroatoms. The first-order valence-corrected chi connectivity index (χ1v) is 14.3. The Morgan fingerprint density at radius 3 is 2.15 bits per heavy atom. The molecule has 8 rings (SSSR count). The molecule has 41 heavy (non-hydrogen) atoms. The van der Waals surface area contributed by atoms with Crippen molar-refractivity contribution < 1.29 is 4.42 Å². The van der Waals surface area contributed by atoms with Crippen molar-refractivity contribution >= 4 is 39.0 Å². The van der Waals surface area contributed by atoms with E-state index in [0.29, 0.717) is 11.8 Å². The van der Waals surface area contributed by atoms with Gasteiger partial charge in [0.25, 0.3) is 0 Å². The Hall–Kier alpha value is -5.02. The Labute approximate surface area is 239 Å². The molecule has 6 aromatic rings. The van der Waals surface area contributed by atoms with Gasteiger partial charge >= 0.3 is 0 Å². The zero-order valence-electron chi connectivity index (χ0n) is 22.8. The highest BCUT2D eigenvalue weighted by molar-refractivity contribution is 6.12. The van der Waals surface area contributed by atoms with Crippen molar-refractivity contribution in [2.24, 2.45) is 11.8 Å². The molecule has 0 amide bonds. The van der Waals surface area contributed by atoms with Gasteiger partial charge in [0.05, 0.1) is 11.7 Å². The van der Waals surface area contributed by atoms with Gasteiger partial charge in [-0.2, -0.15) is 0 Å². The molecule has 0 bridgehead atoms. The molecule has 0 fully saturated rings. The third kappa shape index (κ3) is 4.13. The van der Waals surface area contributed by atoms with Crippen LogP contribution in [0.1, 0.15) is 18.5 Å². The van der Waals surface area contributed by atoms with E-state index in [4.69, 9.17) is 4.42 Å². The lowest BCUT2D eigenvalue weighted by molar-refractivity contribution is 0.644. The third-order valence-electron chi connectivity index (χ3n) is 8.57. The number of para-hydroxylation sites is 1. The molecule has 1 heterocycles. The summed E-state index contributed by atoms with van der Waals surface area (Å²) in [5, 5.41) is 9.80. The predicted octanol–water partition coefficient (Wildman–Crippen LogP) is 10.3. The summed E-state index contributed by atoms with van der Waals surface area (Å²) in [6, 6.07) is 42.7. The maximum atomic E-state index is 6.44. The highest BCUT2D eigenvalue weighted by Gasteiger charge is 2.45. The molecule has 0 radical (unpaired) electrons. The minimum Gasteiger partial charge on any atom is -0.454 e. The minimum absolute atomic E-state index is 0.177. The van der Waals surface area contributed by atoms with E-state index in [1.807, 2.05) is 18.2 Å². The van der Waals surface area contributed by atoms with E-state index in [2.05, 4.69) is 133 Å². The van der Waals surface area contributed by atoms with Crippen LogP contribution >= 0.6 is 0 Å². The second-order valence-electron chi connectivity index (χ2n) is 11.1. The number of nitrogens with one attached hydrogen (secondary N) is 2. The number of furan rings is 1. The van der Waals surface area contributed by atoms with Crippen molar-refractivity contribution in [3.8, 4) is 11.1 Å². The molecular formula is C38H30N2O. The molecule has 2 aliphatic carbocycles. The van der Waals surface area contributed by atoms with Crippen molar-refractivity contribution in [1.29, 1.82) is 0 Å². The topological polar surface area (TPSA) is 37.2 Å². The minimum atomic E-state index is 0.177. The number of allylic oxidation sites excluding steroid dienone is 3. The fraction of sp³-hybridized carbons (Fsp3) is 0.105. The average Bonchev–Trinajstić information content (AvgIpc) is 3.42. The molecule has 0 spiro atoms. The quantitative estimate of drug-likeness (QED) is 0.216. The second kappa shape index (κ2) is 9.57. The van der Waals surface area contributed by atoms with E-state index < -0.39 is 0 Å². The molecule has 3 nitrogen and oxygen atoms in total. The van der Waals surface area contributed by atoms with Gasteiger partial charge in [0, 0.05) is 33.6 Å². The Morgan fingerprint density at radius 2 is 1.39 bits per heavy atom. The molecule has 0 saturated carbocycles. The van der Waals surface area contributed by atoms with Gasteiger partial charge in [-0.1, -0.05) is 104 Å². The van der Waals surface area contributed by atoms with Crippen LogP contribution in [-0.2, 0) is 0 Å². The predicted molar refractivity (Wildman–Crippen MR) is 171 cm³/mol. The number of hydrogen-bond donors (Lipinski definition) is 2. The fourth-order valence-corrected chi connectivity index (χ4v) is 6.47. The second-order valence-corrected chi connectivity index (χ2v) is 11.1. The maximum absolute atomic E-state index is 6.44. The van der Waals surface area contributed by atoms with Gasteiger partial charge in [0.15, 0.2) is 5.58 Å². The van der Waals surface area contributed by atoms with Crippen LogP contribution in [-0.4, -0.2) is 0 Å². The summed E-state index contributed by atoms with van der Waals surface area (Å²) in [6.45, 7) is 2.32. The van der Waals surface area contributed by atoms with Crippen molar-refractivity contribution in [1.82, 2.24) is 0 Å². The number of anilines is 3. The molecule has 198 valence electrons. The van der Waals surface area contributed by atoms with E-state index in [-0.39, 0.29) is 6.04 Å². The Morgan fingerprint density at radius 1 is 0.683 bits per heavy atom. The maximum Gasteiger partial charge on any atom is 0.159 e. The summed E-state index contributed by atoms with van der Waals surface area (Å²) in [6.07, 6.45) is 4.65. The van der Waals surface area contributed by atoms with Crippen LogP contribution in [0.15, 0.2) is 149 Å². The monoisotopic (exact) mass is 530 g/mol. The van der Waals surface area contributed by atoms with Crippen molar-refractivity contribution in [2.75, 3.05) is 10.6 Å². The molecule has 2 N–H and O–H groups in total. The molecule has 0 aliphatic heterocycles. The Bertz CT molecular complexity index is 1950. The van der Waals surface area contributed by atoms with Gasteiger partial charge in [0.2, 0.25) is 0 Å². The number of benzene rings is 5. The number of hydrogen-bond acceptors (Lipinski definition) is 3. The summed E-state index contributed by atoms with van der Waals surface area (Å²) >= 11 is 0. The lowest BCUT2D eigenvalue weighted by Gasteiger charge is -2.21. The van der Waals surface area contributed by atoms with Gasteiger partial charge in [-0.25, -0.2) is 0 Å². The lowest BCUT2D eigenvalue weighted by atomic mass is 9.96. The van der Waals surface area contributed by atoms with Crippen LogP contribution < -0.4 is 10.6 Å². The van der Waals surface area contributed by atoms with Gasteiger partial charge in [0.1, 0.15) is 5.58 Å². The highest BCUT2D eigenvalue weighted by Crippen LogP contribution is 2.56. The first-order chi connectivity index (χ1) is 20.2. The van der Waals surface area contributed by atoms with E-state index in [1.54, 1.807) is 0 Å². The Kier molecular flexibility index (Phi) is 5.56. The summed E-state index contributed by atoms with van der Waals surface area (Å²) in [5.74, 6) is 1.16. The summed E-state index contributed by atoms with van der Waals surface area (Å²) < 4.78 is 6.44. The first kappa shape index (κ1) is 23.8. The summed E-state index contributed by atoms with van der Waals surface area (Å²) in [4.78, 5) is 0. The number of rotatable bonds is 7. The smallest absolute Gasteiger partial charge is 0.159 e. The zero-order valence-corrected chi connectivity index (χ0v) is 22.8. The molecule has 3 unspecified atom stereocenters. The van der Waals surface area contributed by atoms with Crippen molar-refractivity contribution in [3.63, 3.8) is 0 Å². The Balaban J connectivity index is 1.14. The number of fused-ring (bicyclic) bond motifs is 4. The van der Waals surface area contributed by atoms with Crippen LogP contribution in [0.2, 0.25) is 0 Å². The highest BCUT2D eigenvalue weighted by atomic mass is 16.3. The van der Waals surface area contributed by atoms with E-state index in [0.717, 1.165) is 50.1 Å². The lowest BCUT2D eigenvalue weighted by Crippen LogP contribution is -2.12. The van der Waals surface area contributed by atoms with Gasteiger partial charge in [-0.3, -0.25) is 0 Å². The zero-order chi connectivity index (χ0) is 27.3. The normalized spacial score (nSPS) is 18.1. The van der Waals surface area contributed by atoms with Crippen LogP contribution in [0.25, 0.3) is 33.1 Å².